The Morgan fingerprint density at radius 1 is 0.654 bits per heavy atom. The molecule has 0 spiro atoms. The maximum atomic E-state index is 4.82. The summed E-state index contributed by atoms with van der Waals surface area (Å²) in [5.41, 5.74) is 3.82. The van der Waals surface area contributed by atoms with Gasteiger partial charge in [-0.3, -0.25) is 4.98 Å². The average Bonchev–Trinajstić information content (AvgIpc) is 3.02. The van der Waals surface area contributed by atoms with Crippen molar-refractivity contribution < 1.29 is 0 Å². The maximum Gasteiger partial charge on any atom is 0.182 e. The van der Waals surface area contributed by atoms with E-state index < -0.39 is 8.07 Å². The molecular weight excluding hydrogens is 330 g/mol. The van der Waals surface area contributed by atoms with Crippen LogP contribution in [0.1, 0.15) is 5.56 Å². The van der Waals surface area contributed by atoms with Gasteiger partial charge >= 0.3 is 0 Å². The highest BCUT2D eigenvalue weighted by molar-refractivity contribution is 7.22. The highest BCUT2D eigenvalue weighted by atomic mass is 28.3. The average molecular weight is 350 g/mol. The zero-order valence-corrected chi connectivity index (χ0v) is 15.7. The molecule has 0 atom stereocenters. The number of aromatic nitrogens is 1. The minimum Gasteiger partial charge on any atom is -0.256 e. The summed E-state index contributed by atoms with van der Waals surface area (Å²) < 4.78 is 0. The normalized spacial score (nSPS) is 13.9. The molecule has 0 saturated carbocycles. The van der Waals surface area contributed by atoms with Crippen molar-refractivity contribution >= 4 is 28.8 Å². The molecule has 124 valence electrons. The summed E-state index contributed by atoms with van der Waals surface area (Å²) in [6.07, 6.45) is 1.92. The SMILES string of the molecule is Cc1cccc2c1[Si](c1ccccc1)(c1ccccc1)c1cccnc1-2. The van der Waals surface area contributed by atoms with Gasteiger partial charge in [-0.2, -0.15) is 0 Å². The molecule has 26 heavy (non-hydrogen) atoms. The summed E-state index contributed by atoms with van der Waals surface area (Å²) in [5, 5.41) is 5.75. The number of nitrogens with zero attached hydrogens (tertiary/aromatic N) is 1. The van der Waals surface area contributed by atoms with Crippen LogP contribution in [0.25, 0.3) is 11.3 Å². The Hall–Kier alpha value is -2.97. The fourth-order valence-electron chi connectivity index (χ4n) is 4.56. The van der Waals surface area contributed by atoms with E-state index in [-0.39, 0.29) is 0 Å². The molecule has 0 radical (unpaired) electrons. The molecular formula is C24H19NSi. The third kappa shape index (κ3) is 1.93. The van der Waals surface area contributed by atoms with Crippen LogP contribution in [0.5, 0.6) is 0 Å². The number of rotatable bonds is 2. The topological polar surface area (TPSA) is 12.9 Å². The van der Waals surface area contributed by atoms with E-state index in [0.717, 1.165) is 5.69 Å². The summed E-state index contributed by atoms with van der Waals surface area (Å²) in [4.78, 5) is 4.82. The van der Waals surface area contributed by atoms with E-state index in [2.05, 4.69) is 97.9 Å². The summed E-state index contributed by atoms with van der Waals surface area (Å²) in [6.45, 7) is 2.25. The molecule has 1 aromatic heterocycles. The molecule has 1 nitrogen and oxygen atoms in total. The van der Waals surface area contributed by atoms with Gasteiger partial charge in [0.1, 0.15) is 0 Å². The third-order valence-electron chi connectivity index (χ3n) is 5.53. The summed E-state index contributed by atoms with van der Waals surface area (Å²) in [7, 11) is -2.33. The second-order valence-electron chi connectivity index (χ2n) is 6.88. The van der Waals surface area contributed by atoms with Gasteiger partial charge in [-0.1, -0.05) is 90.5 Å². The predicted octanol–water partition coefficient (Wildman–Crippen LogP) is 2.75. The van der Waals surface area contributed by atoms with Gasteiger partial charge in [0.25, 0.3) is 0 Å². The van der Waals surface area contributed by atoms with Gasteiger partial charge in [0.15, 0.2) is 8.07 Å². The molecule has 1 aliphatic rings. The Kier molecular flexibility index (Phi) is 3.40. The molecule has 0 bridgehead atoms. The molecule has 0 N–H and O–H groups in total. The molecule has 0 saturated heterocycles. The molecule has 0 aliphatic carbocycles. The van der Waals surface area contributed by atoms with Crippen LogP contribution in [-0.4, -0.2) is 13.1 Å². The van der Waals surface area contributed by atoms with Crippen molar-refractivity contribution in [2.75, 3.05) is 0 Å². The second kappa shape index (κ2) is 5.79. The number of benzene rings is 3. The lowest BCUT2D eigenvalue weighted by molar-refractivity contribution is 1.35. The minimum absolute atomic E-state index is 1.16. The van der Waals surface area contributed by atoms with Crippen LogP contribution < -0.4 is 20.7 Å². The first kappa shape index (κ1) is 15.3. The van der Waals surface area contributed by atoms with Gasteiger partial charge in [-0.05, 0) is 33.7 Å². The van der Waals surface area contributed by atoms with Crippen LogP contribution >= 0.6 is 0 Å². The van der Waals surface area contributed by atoms with Crippen LogP contribution in [-0.2, 0) is 0 Å². The molecule has 0 amide bonds. The van der Waals surface area contributed by atoms with Crippen molar-refractivity contribution in [3.8, 4) is 11.3 Å². The monoisotopic (exact) mass is 349 g/mol. The molecule has 4 aromatic rings. The van der Waals surface area contributed by atoms with Gasteiger partial charge in [-0.15, -0.1) is 0 Å². The highest BCUT2D eigenvalue weighted by Gasteiger charge is 2.49. The van der Waals surface area contributed by atoms with Crippen LogP contribution in [0.4, 0.5) is 0 Å². The first-order valence-electron chi connectivity index (χ1n) is 9.00. The fraction of sp³-hybridized carbons (Fsp3) is 0.0417. The number of fused-ring (bicyclic) bond motifs is 3. The minimum atomic E-state index is -2.33. The summed E-state index contributed by atoms with van der Waals surface area (Å²) in [6, 6.07) is 33.1. The standard InChI is InChI=1S/C24H19NSi/c1-18-10-8-15-21-23-22(16-9-17-25-23)26(24(18)21,19-11-4-2-5-12-19)20-13-6-3-7-14-20/h2-17H,1H3. The number of aryl methyl sites for hydroxylation is 1. The van der Waals surface area contributed by atoms with Gasteiger partial charge in [-0.25, -0.2) is 0 Å². The lowest BCUT2D eigenvalue weighted by Gasteiger charge is -2.32. The summed E-state index contributed by atoms with van der Waals surface area (Å²) in [5.74, 6) is 0. The molecule has 3 aromatic carbocycles. The molecule has 5 rings (SSSR count). The molecule has 0 unspecified atom stereocenters. The van der Waals surface area contributed by atoms with Crippen LogP contribution in [0, 0.1) is 6.92 Å². The Morgan fingerprint density at radius 2 is 1.31 bits per heavy atom. The first-order valence-corrected chi connectivity index (χ1v) is 11.0. The number of pyridine rings is 1. The predicted molar refractivity (Wildman–Crippen MR) is 112 cm³/mol. The van der Waals surface area contributed by atoms with Crippen molar-refractivity contribution in [3.63, 3.8) is 0 Å². The van der Waals surface area contributed by atoms with Crippen molar-refractivity contribution in [1.29, 1.82) is 0 Å². The largest absolute Gasteiger partial charge is 0.256 e. The van der Waals surface area contributed by atoms with Crippen LogP contribution in [0.2, 0.25) is 0 Å². The van der Waals surface area contributed by atoms with Crippen molar-refractivity contribution in [2.45, 2.75) is 6.92 Å². The first-order chi connectivity index (χ1) is 12.8. The van der Waals surface area contributed by atoms with E-state index in [0.29, 0.717) is 0 Å². The Labute approximate surface area is 155 Å². The molecule has 2 heteroatoms. The fourth-order valence-corrected chi connectivity index (χ4v) is 9.93. The highest BCUT2D eigenvalue weighted by Crippen LogP contribution is 2.28. The molecule has 1 aliphatic heterocycles. The third-order valence-corrected chi connectivity index (χ3v) is 10.6. The zero-order chi connectivity index (χ0) is 17.6. The zero-order valence-electron chi connectivity index (χ0n) is 14.7. The van der Waals surface area contributed by atoms with E-state index in [1.54, 1.807) is 0 Å². The lowest BCUT2D eigenvalue weighted by Crippen LogP contribution is -2.73. The van der Waals surface area contributed by atoms with Crippen LogP contribution in [0.3, 0.4) is 0 Å². The van der Waals surface area contributed by atoms with Crippen molar-refractivity contribution in [2.24, 2.45) is 0 Å². The van der Waals surface area contributed by atoms with E-state index in [4.69, 9.17) is 4.98 Å². The second-order valence-corrected chi connectivity index (χ2v) is 10.6. The summed E-state index contributed by atoms with van der Waals surface area (Å²) >= 11 is 0. The van der Waals surface area contributed by atoms with Gasteiger partial charge < -0.3 is 0 Å². The molecule has 0 fully saturated rings. The van der Waals surface area contributed by atoms with Crippen LogP contribution in [0.15, 0.2) is 97.2 Å². The number of hydrogen-bond donors (Lipinski definition) is 0. The van der Waals surface area contributed by atoms with Gasteiger partial charge in [0.2, 0.25) is 0 Å². The van der Waals surface area contributed by atoms with E-state index >= 15 is 0 Å². The van der Waals surface area contributed by atoms with Gasteiger partial charge in [0, 0.05) is 11.8 Å². The van der Waals surface area contributed by atoms with Gasteiger partial charge in [0.05, 0.1) is 5.69 Å². The molecule has 2 heterocycles. The Morgan fingerprint density at radius 3 is 1.96 bits per heavy atom. The Bertz CT molecular complexity index is 1050. The quantitative estimate of drug-likeness (QED) is 0.447. The van der Waals surface area contributed by atoms with E-state index in [1.807, 2.05) is 6.20 Å². The smallest absolute Gasteiger partial charge is 0.182 e. The lowest BCUT2D eigenvalue weighted by atomic mass is 10.1. The van der Waals surface area contributed by atoms with Crippen molar-refractivity contribution in [1.82, 2.24) is 4.98 Å². The van der Waals surface area contributed by atoms with Crippen molar-refractivity contribution in [3.05, 3.63) is 103 Å². The van der Waals surface area contributed by atoms with E-state index in [9.17, 15) is 0 Å². The Balaban J connectivity index is 2.01. The number of hydrogen-bond acceptors (Lipinski definition) is 1. The maximum absolute atomic E-state index is 4.82. The van der Waals surface area contributed by atoms with E-state index in [1.165, 1.54) is 31.9 Å².